The number of para-hydroxylation sites is 1. The van der Waals surface area contributed by atoms with E-state index in [0.717, 1.165) is 28.0 Å². The second kappa shape index (κ2) is 9.58. The lowest BCUT2D eigenvalue weighted by atomic mass is 10.1. The number of piperazine rings is 1. The molecule has 0 spiro atoms. The second-order valence-corrected chi connectivity index (χ2v) is 8.70. The molecule has 35 heavy (non-hydrogen) atoms. The summed E-state index contributed by atoms with van der Waals surface area (Å²) < 4.78 is 5.19. The average molecular weight is 470 g/mol. The number of rotatable bonds is 5. The number of anilines is 1. The van der Waals surface area contributed by atoms with Crippen molar-refractivity contribution in [3.63, 3.8) is 0 Å². The highest BCUT2D eigenvalue weighted by molar-refractivity contribution is 5.92. The molecule has 0 atom stereocenters. The Morgan fingerprint density at radius 1 is 1.00 bits per heavy atom. The van der Waals surface area contributed by atoms with Crippen molar-refractivity contribution in [3.8, 4) is 5.75 Å². The Hall–Kier alpha value is -4.20. The lowest BCUT2D eigenvalue weighted by Gasteiger charge is -2.35. The zero-order chi connectivity index (χ0) is 24.4. The number of benzene rings is 2. The molecule has 8 heteroatoms. The number of nitrogens with one attached hydrogen (secondary N) is 1. The molecule has 0 radical (unpaired) electrons. The van der Waals surface area contributed by atoms with Crippen LogP contribution in [0.1, 0.15) is 27.4 Å². The van der Waals surface area contributed by atoms with Gasteiger partial charge >= 0.3 is 0 Å². The number of fused-ring (bicyclic) bond motifs is 1. The number of aryl methyl sites for hydroxylation is 1. The number of methoxy groups -OCH3 is 1. The van der Waals surface area contributed by atoms with Gasteiger partial charge in [-0.25, -0.2) is 9.97 Å². The molecule has 0 aliphatic carbocycles. The molecule has 1 aliphatic rings. The van der Waals surface area contributed by atoms with E-state index < -0.39 is 0 Å². The largest absolute Gasteiger partial charge is 0.497 e. The van der Waals surface area contributed by atoms with Crippen molar-refractivity contribution in [2.75, 3.05) is 38.2 Å². The zero-order valence-corrected chi connectivity index (χ0v) is 19.8. The van der Waals surface area contributed by atoms with Crippen LogP contribution in [0.15, 0.2) is 65.5 Å². The summed E-state index contributed by atoms with van der Waals surface area (Å²) in [5.74, 6) is 1.91. The van der Waals surface area contributed by atoms with Crippen LogP contribution in [0, 0.1) is 6.92 Å². The number of aromatic amines is 1. The number of pyridine rings is 1. The highest BCUT2D eigenvalue weighted by Gasteiger charge is 2.25. The van der Waals surface area contributed by atoms with Gasteiger partial charge in [-0.15, -0.1) is 0 Å². The standard InChI is InChI=1S/C27H27N5O3/c1-18-15-25(29-22-6-4-3-5-21(18)22)31-11-13-32(14-12-31)27(34)23-17-26(33)30-24(28-23)16-19-7-9-20(35-2)10-8-19/h3-10,15,17H,11-14,16H2,1-2H3,(H,28,30,33). The minimum Gasteiger partial charge on any atom is -0.497 e. The molecule has 2 aromatic heterocycles. The van der Waals surface area contributed by atoms with Crippen LogP contribution in [-0.2, 0) is 6.42 Å². The maximum atomic E-state index is 13.2. The number of amides is 1. The Balaban J connectivity index is 1.28. The molecule has 8 nitrogen and oxygen atoms in total. The van der Waals surface area contributed by atoms with Crippen LogP contribution in [0.5, 0.6) is 5.75 Å². The Morgan fingerprint density at radius 2 is 1.74 bits per heavy atom. The van der Waals surface area contributed by atoms with Crippen LogP contribution in [0.25, 0.3) is 10.9 Å². The molecule has 1 fully saturated rings. The summed E-state index contributed by atoms with van der Waals surface area (Å²) in [6.45, 7) is 4.50. The Bertz CT molecular complexity index is 1420. The van der Waals surface area contributed by atoms with Gasteiger partial charge in [-0.3, -0.25) is 9.59 Å². The molecule has 2 aromatic carbocycles. The average Bonchev–Trinajstić information content (AvgIpc) is 2.88. The maximum Gasteiger partial charge on any atom is 0.272 e. The third-order valence-corrected chi connectivity index (χ3v) is 6.34. The van der Waals surface area contributed by atoms with Crippen LogP contribution in [0.3, 0.4) is 0 Å². The molecule has 1 N–H and O–H groups in total. The Kier molecular flexibility index (Phi) is 6.18. The van der Waals surface area contributed by atoms with Crippen LogP contribution in [0.2, 0.25) is 0 Å². The smallest absolute Gasteiger partial charge is 0.272 e. The summed E-state index contributed by atoms with van der Waals surface area (Å²) in [6.07, 6.45) is 0.418. The van der Waals surface area contributed by atoms with Gasteiger partial charge in [0.15, 0.2) is 0 Å². The first kappa shape index (κ1) is 22.6. The first-order valence-electron chi connectivity index (χ1n) is 11.6. The van der Waals surface area contributed by atoms with E-state index in [4.69, 9.17) is 9.72 Å². The van der Waals surface area contributed by atoms with Gasteiger partial charge in [0.2, 0.25) is 0 Å². The number of hydrogen-bond acceptors (Lipinski definition) is 6. The SMILES string of the molecule is COc1ccc(Cc2nc(C(=O)N3CCN(c4cc(C)c5ccccc5n4)CC3)cc(=O)[nH]2)cc1. The predicted molar refractivity (Wildman–Crippen MR) is 135 cm³/mol. The van der Waals surface area contributed by atoms with Gasteiger partial charge in [-0.1, -0.05) is 30.3 Å². The predicted octanol–water partition coefficient (Wildman–Crippen LogP) is 3.19. The second-order valence-electron chi connectivity index (χ2n) is 8.70. The van der Waals surface area contributed by atoms with Crippen molar-refractivity contribution in [3.05, 3.63) is 93.7 Å². The number of hydrogen-bond donors (Lipinski definition) is 1. The minimum atomic E-state index is -0.332. The third kappa shape index (κ3) is 4.87. The molecule has 1 amide bonds. The van der Waals surface area contributed by atoms with Crippen molar-refractivity contribution in [1.29, 1.82) is 0 Å². The monoisotopic (exact) mass is 469 g/mol. The van der Waals surface area contributed by atoms with Crippen molar-refractivity contribution in [2.24, 2.45) is 0 Å². The molecular formula is C27H27N5O3. The van der Waals surface area contributed by atoms with Crippen molar-refractivity contribution in [1.82, 2.24) is 19.9 Å². The Morgan fingerprint density at radius 3 is 2.49 bits per heavy atom. The van der Waals surface area contributed by atoms with Crippen LogP contribution < -0.4 is 15.2 Å². The van der Waals surface area contributed by atoms with Gasteiger partial charge in [0.05, 0.1) is 12.6 Å². The molecule has 0 bridgehead atoms. The molecule has 0 unspecified atom stereocenters. The van der Waals surface area contributed by atoms with Gasteiger partial charge in [0, 0.05) is 44.1 Å². The van der Waals surface area contributed by atoms with Gasteiger partial charge < -0.3 is 19.5 Å². The van der Waals surface area contributed by atoms with Crippen molar-refractivity contribution >= 4 is 22.6 Å². The first-order valence-corrected chi connectivity index (χ1v) is 11.6. The van der Waals surface area contributed by atoms with Crippen molar-refractivity contribution in [2.45, 2.75) is 13.3 Å². The normalized spacial score (nSPS) is 13.8. The van der Waals surface area contributed by atoms with Crippen LogP contribution >= 0.6 is 0 Å². The highest BCUT2D eigenvalue weighted by atomic mass is 16.5. The van der Waals surface area contributed by atoms with Crippen LogP contribution in [0.4, 0.5) is 5.82 Å². The number of ether oxygens (including phenoxy) is 1. The summed E-state index contributed by atoms with van der Waals surface area (Å²) in [5.41, 5.74) is 2.95. The molecule has 1 saturated heterocycles. The summed E-state index contributed by atoms with van der Waals surface area (Å²) in [7, 11) is 1.61. The fourth-order valence-corrected chi connectivity index (χ4v) is 4.43. The van der Waals surface area contributed by atoms with E-state index in [2.05, 4.69) is 33.9 Å². The minimum absolute atomic E-state index is 0.172. The lowest BCUT2D eigenvalue weighted by molar-refractivity contribution is 0.0740. The summed E-state index contributed by atoms with van der Waals surface area (Å²) in [6, 6.07) is 19.0. The van der Waals surface area contributed by atoms with E-state index in [-0.39, 0.29) is 17.2 Å². The highest BCUT2D eigenvalue weighted by Crippen LogP contribution is 2.23. The van der Waals surface area contributed by atoms with E-state index in [0.29, 0.717) is 38.4 Å². The number of carbonyl (C=O) groups is 1. The van der Waals surface area contributed by atoms with E-state index in [1.165, 1.54) is 11.6 Å². The third-order valence-electron chi connectivity index (χ3n) is 6.34. The topological polar surface area (TPSA) is 91.4 Å². The fraction of sp³-hybridized carbons (Fsp3) is 0.259. The van der Waals surface area contributed by atoms with Gasteiger partial charge in [-0.05, 0) is 42.3 Å². The quantitative estimate of drug-likeness (QED) is 0.483. The van der Waals surface area contributed by atoms with Gasteiger partial charge in [-0.2, -0.15) is 0 Å². The molecule has 3 heterocycles. The van der Waals surface area contributed by atoms with E-state index in [9.17, 15) is 9.59 Å². The van der Waals surface area contributed by atoms with E-state index in [1.54, 1.807) is 12.0 Å². The van der Waals surface area contributed by atoms with E-state index >= 15 is 0 Å². The summed E-state index contributed by atoms with van der Waals surface area (Å²) in [5, 5.41) is 1.15. The Labute approximate surface area is 203 Å². The van der Waals surface area contributed by atoms with Crippen molar-refractivity contribution < 1.29 is 9.53 Å². The molecule has 1 aliphatic heterocycles. The molecule has 178 valence electrons. The van der Waals surface area contributed by atoms with Crippen LogP contribution in [-0.4, -0.2) is 59.0 Å². The van der Waals surface area contributed by atoms with Gasteiger partial charge in [0.25, 0.3) is 11.5 Å². The number of aromatic nitrogens is 3. The molecular weight excluding hydrogens is 442 g/mol. The first-order chi connectivity index (χ1) is 17.0. The number of H-pyrrole nitrogens is 1. The summed E-state index contributed by atoms with van der Waals surface area (Å²) >= 11 is 0. The number of nitrogens with zero attached hydrogens (tertiary/aromatic N) is 4. The fourth-order valence-electron chi connectivity index (χ4n) is 4.43. The summed E-state index contributed by atoms with van der Waals surface area (Å²) in [4.78, 5) is 41.4. The molecule has 5 rings (SSSR count). The number of carbonyl (C=O) groups excluding carboxylic acids is 1. The van der Waals surface area contributed by atoms with E-state index in [1.807, 2.05) is 42.5 Å². The maximum absolute atomic E-state index is 13.2. The molecule has 4 aromatic rings. The zero-order valence-electron chi connectivity index (χ0n) is 19.8. The molecule has 0 saturated carbocycles. The lowest BCUT2D eigenvalue weighted by Crippen LogP contribution is -2.49. The van der Waals surface area contributed by atoms with Gasteiger partial charge in [0.1, 0.15) is 23.1 Å².